The fraction of sp³-hybridized carbons (Fsp3) is 0.516. The monoisotopic (exact) mass is 562 g/mol. The molecule has 0 aliphatic carbocycles. The number of phenols is 1. The van der Waals surface area contributed by atoms with E-state index in [1.54, 1.807) is 12.1 Å². The van der Waals surface area contributed by atoms with Crippen molar-refractivity contribution < 1.29 is 19.3 Å². The Balaban J connectivity index is 1.52. The Morgan fingerprint density at radius 2 is 1.27 bits per heavy atom. The minimum absolute atomic E-state index is 0.0308. The number of phenolic OH excluding ortho intramolecular Hbond substituents is 1. The predicted octanol–water partition coefficient (Wildman–Crippen LogP) is 7.29. The van der Waals surface area contributed by atoms with Crippen molar-refractivity contribution >= 4 is 11.0 Å². The first-order valence-electron chi connectivity index (χ1n) is 14.9. The third-order valence-corrected chi connectivity index (χ3v) is 7.21. The van der Waals surface area contributed by atoms with Gasteiger partial charge in [-0.1, -0.05) is 78.4 Å². The van der Waals surface area contributed by atoms with E-state index in [2.05, 4.69) is 52.8 Å². The fourth-order valence-electron chi connectivity index (χ4n) is 4.48. The molecule has 2 unspecified atom stereocenters. The number of unbranched alkanes of at least 4 members (excludes halogenated alkanes) is 2. The van der Waals surface area contributed by atoms with Gasteiger partial charge in [0.05, 0.1) is 13.2 Å². The molecule has 0 bridgehead atoms. The van der Waals surface area contributed by atoms with Crippen LogP contribution < -0.4 is 14.2 Å². The van der Waals surface area contributed by atoms with Gasteiger partial charge in [0.25, 0.3) is 0 Å². The molecule has 10 heteroatoms. The zero-order valence-electron chi connectivity index (χ0n) is 24.6. The summed E-state index contributed by atoms with van der Waals surface area (Å²) in [5.74, 6) is 1.12. The molecule has 2 aromatic carbocycles. The third kappa shape index (κ3) is 8.52. The molecule has 0 aliphatic rings. The van der Waals surface area contributed by atoms with Crippen molar-refractivity contribution in [3.8, 4) is 35.2 Å². The molecule has 2 heterocycles. The molecule has 4 rings (SSSR count). The fourth-order valence-corrected chi connectivity index (χ4v) is 4.48. The first-order valence-corrected chi connectivity index (χ1v) is 14.9. The quantitative estimate of drug-likeness (QED) is 0.141. The van der Waals surface area contributed by atoms with Crippen LogP contribution in [-0.2, 0) is 0 Å². The second kappa shape index (κ2) is 15.2. The van der Waals surface area contributed by atoms with E-state index in [1.807, 2.05) is 24.3 Å². The summed E-state index contributed by atoms with van der Waals surface area (Å²) < 4.78 is 18.0. The van der Waals surface area contributed by atoms with Crippen LogP contribution >= 0.6 is 0 Å². The molecule has 0 aliphatic heterocycles. The van der Waals surface area contributed by atoms with E-state index in [0.29, 0.717) is 36.5 Å². The van der Waals surface area contributed by atoms with Crippen LogP contribution in [0.2, 0.25) is 0 Å². The van der Waals surface area contributed by atoms with Gasteiger partial charge in [0.2, 0.25) is 0 Å². The van der Waals surface area contributed by atoms with Crippen LogP contribution in [0.3, 0.4) is 0 Å². The Morgan fingerprint density at radius 3 is 1.76 bits per heavy atom. The summed E-state index contributed by atoms with van der Waals surface area (Å²) in [6.45, 7) is 9.73. The van der Waals surface area contributed by atoms with Crippen LogP contribution in [0.15, 0.2) is 42.5 Å². The number of hydrogen-bond donors (Lipinski definition) is 1. The molecule has 41 heavy (non-hydrogen) atoms. The highest BCUT2D eigenvalue weighted by Gasteiger charge is 2.17. The van der Waals surface area contributed by atoms with Crippen molar-refractivity contribution in [1.29, 1.82) is 0 Å². The van der Waals surface area contributed by atoms with Crippen LogP contribution in [0.4, 0.5) is 0 Å². The molecule has 0 fully saturated rings. The standard InChI is InChI=1S/C31H42N6O4/c1-5-9-13-22(7-3)20-39-29-32-30(40-21-23(8-4)14-10-6-2)34-31(33-29)41-24-17-18-27(28(38)19-24)37-35-25-15-11-12-16-26(25)36-37/h11-12,15-19,22-23,38H,5-10,13-14,20-21H2,1-4H3. The lowest BCUT2D eigenvalue weighted by Gasteiger charge is -2.17. The van der Waals surface area contributed by atoms with Crippen molar-refractivity contribution in [1.82, 2.24) is 29.9 Å². The zero-order valence-corrected chi connectivity index (χ0v) is 24.6. The van der Waals surface area contributed by atoms with Crippen molar-refractivity contribution in [2.24, 2.45) is 11.8 Å². The van der Waals surface area contributed by atoms with Crippen molar-refractivity contribution in [3.05, 3.63) is 42.5 Å². The Kier molecular flexibility index (Phi) is 11.1. The lowest BCUT2D eigenvalue weighted by atomic mass is 10.0. The van der Waals surface area contributed by atoms with Gasteiger partial charge >= 0.3 is 18.0 Å². The minimum Gasteiger partial charge on any atom is -0.505 e. The molecular weight excluding hydrogens is 520 g/mol. The van der Waals surface area contributed by atoms with Crippen LogP contribution in [0.25, 0.3) is 16.7 Å². The smallest absolute Gasteiger partial charge is 0.331 e. The van der Waals surface area contributed by atoms with Gasteiger partial charge in [-0.25, -0.2) is 0 Å². The van der Waals surface area contributed by atoms with Gasteiger partial charge in [-0.2, -0.15) is 0 Å². The number of rotatable bonds is 17. The average molecular weight is 563 g/mol. The summed E-state index contributed by atoms with van der Waals surface area (Å²) in [4.78, 5) is 14.6. The predicted molar refractivity (Wildman–Crippen MR) is 158 cm³/mol. The summed E-state index contributed by atoms with van der Waals surface area (Å²) in [5.41, 5.74) is 1.89. The van der Waals surface area contributed by atoms with E-state index in [9.17, 15) is 5.11 Å². The molecule has 0 spiro atoms. The van der Waals surface area contributed by atoms with Gasteiger partial charge in [0, 0.05) is 6.07 Å². The molecule has 220 valence electrons. The van der Waals surface area contributed by atoms with Crippen LogP contribution in [-0.4, -0.2) is 48.3 Å². The largest absolute Gasteiger partial charge is 0.505 e. The van der Waals surface area contributed by atoms with E-state index in [1.165, 1.54) is 10.9 Å². The summed E-state index contributed by atoms with van der Waals surface area (Å²) in [6, 6.07) is 12.7. The van der Waals surface area contributed by atoms with Crippen LogP contribution in [0, 0.1) is 11.8 Å². The maximum absolute atomic E-state index is 10.8. The molecular formula is C31H42N6O4. The van der Waals surface area contributed by atoms with E-state index >= 15 is 0 Å². The number of nitrogens with zero attached hydrogens (tertiary/aromatic N) is 6. The number of fused-ring (bicyclic) bond motifs is 1. The highest BCUT2D eigenvalue weighted by atomic mass is 16.5. The number of aromatic hydroxyl groups is 1. The van der Waals surface area contributed by atoms with Gasteiger partial charge in [0.1, 0.15) is 28.2 Å². The van der Waals surface area contributed by atoms with Crippen LogP contribution in [0.1, 0.15) is 79.1 Å². The van der Waals surface area contributed by atoms with E-state index < -0.39 is 0 Å². The van der Waals surface area contributed by atoms with Gasteiger partial charge in [-0.15, -0.1) is 29.9 Å². The maximum atomic E-state index is 10.8. The van der Waals surface area contributed by atoms with Gasteiger partial charge in [-0.05, 0) is 48.9 Å². The molecule has 10 nitrogen and oxygen atoms in total. The molecule has 0 radical (unpaired) electrons. The first-order chi connectivity index (χ1) is 20.0. The summed E-state index contributed by atoms with van der Waals surface area (Å²) in [6.07, 6.45) is 8.81. The number of aromatic nitrogens is 6. The van der Waals surface area contributed by atoms with Crippen molar-refractivity contribution in [3.63, 3.8) is 0 Å². The lowest BCUT2D eigenvalue weighted by molar-refractivity contribution is 0.193. The van der Waals surface area contributed by atoms with E-state index in [4.69, 9.17) is 14.2 Å². The molecule has 2 atom stereocenters. The second-order valence-electron chi connectivity index (χ2n) is 10.4. The normalized spacial score (nSPS) is 12.8. The molecule has 2 aromatic heterocycles. The van der Waals surface area contributed by atoms with E-state index in [-0.39, 0.29) is 23.8 Å². The lowest BCUT2D eigenvalue weighted by Crippen LogP contribution is -2.15. The third-order valence-electron chi connectivity index (χ3n) is 7.21. The SMILES string of the molecule is CCCCC(CC)COc1nc(OCC(CC)CCCC)nc(Oc2ccc(-n3nc4ccccc4n3)c(O)c2)n1. The summed E-state index contributed by atoms with van der Waals surface area (Å²) in [5, 5.41) is 19.6. The highest BCUT2D eigenvalue weighted by molar-refractivity contribution is 5.73. The first kappa shape index (κ1) is 30.0. The zero-order chi connectivity index (χ0) is 29.0. The van der Waals surface area contributed by atoms with Gasteiger partial charge in [0.15, 0.2) is 0 Å². The Hall–Kier alpha value is -3.95. The number of hydrogen-bond acceptors (Lipinski definition) is 9. The summed E-state index contributed by atoms with van der Waals surface area (Å²) >= 11 is 0. The molecule has 0 saturated heterocycles. The Morgan fingerprint density at radius 1 is 0.732 bits per heavy atom. The molecule has 0 amide bonds. The van der Waals surface area contributed by atoms with Crippen LogP contribution in [0.5, 0.6) is 29.5 Å². The van der Waals surface area contributed by atoms with E-state index in [0.717, 1.165) is 62.4 Å². The van der Waals surface area contributed by atoms with Crippen molar-refractivity contribution in [2.45, 2.75) is 79.1 Å². The maximum Gasteiger partial charge on any atom is 0.331 e. The average Bonchev–Trinajstić information content (AvgIpc) is 3.41. The summed E-state index contributed by atoms with van der Waals surface area (Å²) in [7, 11) is 0. The van der Waals surface area contributed by atoms with Crippen molar-refractivity contribution in [2.75, 3.05) is 13.2 Å². The van der Waals surface area contributed by atoms with Gasteiger partial charge < -0.3 is 19.3 Å². The highest BCUT2D eigenvalue weighted by Crippen LogP contribution is 2.30. The topological polar surface area (TPSA) is 117 Å². The molecule has 4 aromatic rings. The molecule has 1 N–H and O–H groups in total. The second-order valence-corrected chi connectivity index (χ2v) is 10.4. The molecule has 0 saturated carbocycles. The Labute approximate surface area is 242 Å². The Bertz CT molecular complexity index is 1310. The number of benzene rings is 2. The van der Waals surface area contributed by atoms with Gasteiger partial charge in [-0.3, -0.25) is 0 Å². The number of ether oxygens (including phenoxy) is 3. The minimum atomic E-state index is -0.0479.